The lowest BCUT2D eigenvalue weighted by Gasteiger charge is -2.04. The molecule has 0 atom stereocenters. The van der Waals surface area contributed by atoms with Gasteiger partial charge < -0.3 is 4.74 Å². The van der Waals surface area contributed by atoms with E-state index in [9.17, 15) is 21.6 Å². The highest BCUT2D eigenvalue weighted by Gasteiger charge is 2.15. The Bertz CT molecular complexity index is 619. The molecule has 0 aliphatic heterocycles. The average molecular weight is 278 g/mol. The van der Waals surface area contributed by atoms with Crippen LogP contribution in [0.5, 0.6) is 0 Å². The minimum absolute atomic E-state index is 0.121. The molecule has 17 heavy (non-hydrogen) atoms. The van der Waals surface area contributed by atoms with Gasteiger partial charge in [0.15, 0.2) is 20.5 Å². The van der Waals surface area contributed by atoms with Gasteiger partial charge in [0.05, 0.1) is 22.5 Å². The molecule has 0 fully saturated rings. The molecule has 0 aromatic heterocycles. The second-order valence-electron chi connectivity index (χ2n) is 3.24. The van der Waals surface area contributed by atoms with E-state index in [1.54, 1.807) is 0 Å². The SMILES string of the molecule is COC(=O)c1cc([SH](=O)=O)cc(S(C)(=O)=O)c1. The van der Waals surface area contributed by atoms with Gasteiger partial charge in [-0.15, -0.1) is 0 Å². The summed E-state index contributed by atoms with van der Waals surface area (Å²) in [4.78, 5) is 10.8. The summed E-state index contributed by atoms with van der Waals surface area (Å²) < 4.78 is 48.7. The summed E-state index contributed by atoms with van der Waals surface area (Å²) in [5.74, 6) is -0.798. The van der Waals surface area contributed by atoms with Gasteiger partial charge in [0.2, 0.25) is 0 Å². The number of thiol groups is 1. The Morgan fingerprint density at radius 2 is 1.82 bits per heavy atom. The third-order valence-corrected chi connectivity index (χ3v) is 3.72. The van der Waals surface area contributed by atoms with Gasteiger partial charge in [-0.05, 0) is 18.2 Å². The van der Waals surface area contributed by atoms with Crippen molar-refractivity contribution < 1.29 is 26.4 Å². The fraction of sp³-hybridized carbons (Fsp3) is 0.222. The molecule has 6 nitrogen and oxygen atoms in total. The molecule has 94 valence electrons. The molecule has 0 aliphatic carbocycles. The molecule has 0 aliphatic rings. The number of carbonyl (C=O) groups is 1. The predicted molar refractivity (Wildman–Crippen MR) is 59.5 cm³/mol. The van der Waals surface area contributed by atoms with Crippen molar-refractivity contribution in [1.29, 1.82) is 0 Å². The fourth-order valence-corrected chi connectivity index (χ4v) is 2.40. The highest BCUT2D eigenvalue weighted by atomic mass is 32.2. The second-order valence-corrected chi connectivity index (χ2v) is 6.28. The van der Waals surface area contributed by atoms with Crippen LogP contribution >= 0.6 is 0 Å². The topological polar surface area (TPSA) is 94.6 Å². The Kier molecular flexibility index (Phi) is 3.89. The number of esters is 1. The van der Waals surface area contributed by atoms with E-state index in [4.69, 9.17) is 0 Å². The van der Waals surface area contributed by atoms with Crippen LogP contribution in [0.15, 0.2) is 28.0 Å². The number of ether oxygens (including phenoxy) is 1. The van der Waals surface area contributed by atoms with Crippen LogP contribution in [0.25, 0.3) is 0 Å². The molecule has 0 N–H and O–H groups in total. The van der Waals surface area contributed by atoms with Crippen molar-refractivity contribution in [3.05, 3.63) is 23.8 Å². The maximum Gasteiger partial charge on any atom is 0.337 e. The zero-order chi connectivity index (χ0) is 13.2. The molecule has 0 radical (unpaired) electrons. The van der Waals surface area contributed by atoms with E-state index in [1.165, 1.54) is 0 Å². The maximum absolute atomic E-state index is 11.3. The highest BCUT2D eigenvalue weighted by Crippen LogP contribution is 2.17. The van der Waals surface area contributed by atoms with E-state index in [0.717, 1.165) is 31.6 Å². The first kappa shape index (κ1) is 13.7. The van der Waals surface area contributed by atoms with Crippen molar-refractivity contribution in [2.45, 2.75) is 9.79 Å². The van der Waals surface area contributed by atoms with Crippen LogP contribution in [0, 0.1) is 0 Å². The Morgan fingerprint density at radius 3 is 2.24 bits per heavy atom. The largest absolute Gasteiger partial charge is 0.465 e. The molecule has 0 spiro atoms. The summed E-state index contributed by atoms with van der Waals surface area (Å²) >= 11 is 0. The zero-order valence-electron chi connectivity index (χ0n) is 9.04. The van der Waals surface area contributed by atoms with Crippen molar-refractivity contribution in [1.82, 2.24) is 0 Å². The maximum atomic E-state index is 11.3. The third-order valence-electron chi connectivity index (χ3n) is 1.95. The van der Waals surface area contributed by atoms with Crippen molar-refractivity contribution in [2.24, 2.45) is 0 Å². The number of carbonyl (C=O) groups excluding carboxylic acids is 1. The van der Waals surface area contributed by atoms with Crippen LogP contribution in [0.3, 0.4) is 0 Å². The molecular formula is C9H10O6S2. The van der Waals surface area contributed by atoms with E-state index in [-0.39, 0.29) is 15.4 Å². The summed E-state index contributed by atoms with van der Waals surface area (Å²) in [5.41, 5.74) is -0.121. The molecule has 1 aromatic carbocycles. The zero-order valence-corrected chi connectivity index (χ0v) is 10.7. The van der Waals surface area contributed by atoms with E-state index in [2.05, 4.69) is 4.74 Å². The first-order chi connectivity index (χ1) is 7.75. The second kappa shape index (κ2) is 4.84. The molecule has 1 rings (SSSR count). The number of benzene rings is 1. The van der Waals surface area contributed by atoms with Gasteiger partial charge in [-0.25, -0.2) is 21.6 Å². The number of methoxy groups -OCH3 is 1. The molecule has 0 unspecified atom stereocenters. The van der Waals surface area contributed by atoms with Crippen molar-refractivity contribution in [2.75, 3.05) is 13.4 Å². The van der Waals surface area contributed by atoms with Gasteiger partial charge in [0.1, 0.15) is 0 Å². The lowest BCUT2D eigenvalue weighted by Crippen LogP contribution is -2.05. The van der Waals surface area contributed by atoms with E-state index in [1.807, 2.05) is 0 Å². The summed E-state index contributed by atoms with van der Waals surface area (Å²) in [6, 6.07) is 3.13. The standard InChI is InChI=1S/C9H10O6S2/c1-15-9(10)6-3-7(16(11)12)5-8(4-6)17(2,13)14/h3-5,16H,1-2H3. The lowest BCUT2D eigenvalue weighted by molar-refractivity contribution is 0.0600. The minimum Gasteiger partial charge on any atom is -0.465 e. The van der Waals surface area contributed by atoms with Gasteiger partial charge in [0.25, 0.3) is 0 Å². The quantitative estimate of drug-likeness (QED) is 0.610. The monoisotopic (exact) mass is 278 g/mol. The molecule has 0 heterocycles. The molecule has 0 amide bonds. The Labute approximate surface area is 100 Å². The average Bonchev–Trinajstić information content (AvgIpc) is 2.26. The summed E-state index contributed by atoms with van der Waals surface area (Å²) in [6.07, 6.45) is 0.922. The van der Waals surface area contributed by atoms with Gasteiger partial charge >= 0.3 is 5.97 Å². The molecule has 0 bridgehead atoms. The van der Waals surface area contributed by atoms with E-state index in [0.29, 0.717) is 0 Å². The Hall–Kier alpha value is -1.41. The number of sulfone groups is 1. The number of hydrogen-bond donors (Lipinski definition) is 1. The number of hydrogen-bond acceptors (Lipinski definition) is 6. The third kappa shape index (κ3) is 3.27. The molecular weight excluding hydrogens is 268 g/mol. The Balaban J connectivity index is 3.55. The summed E-state index contributed by atoms with van der Waals surface area (Å²) in [6.45, 7) is 0. The van der Waals surface area contributed by atoms with E-state index < -0.39 is 26.5 Å². The van der Waals surface area contributed by atoms with Gasteiger partial charge in [0, 0.05) is 6.26 Å². The van der Waals surface area contributed by atoms with Crippen molar-refractivity contribution >= 4 is 26.5 Å². The first-order valence-electron chi connectivity index (χ1n) is 4.33. The number of rotatable bonds is 3. The van der Waals surface area contributed by atoms with Crippen LogP contribution < -0.4 is 0 Å². The highest BCUT2D eigenvalue weighted by molar-refractivity contribution is 7.90. The predicted octanol–water partition coefficient (Wildman–Crippen LogP) is -0.153. The smallest absolute Gasteiger partial charge is 0.337 e. The van der Waals surface area contributed by atoms with Crippen LogP contribution in [0.2, 0.25) is 0 Å². The van der Waals surface area contributed by atoms with Crippen molar-refractivity contribution in [3.8, 4) is 0 Å². The molecule has 1 aromatic rings. The molecule has 0 saturated heterocycles. The van der Waals surface area contributed by atoms with Crippen LogP contribution in [-0.2, 0) is 25.3 Å². The summed E-state index contributed by atoms with van der Waals surface area (Å²) in [5, 5.41) is 0. The van der Waals surface area contributed by atoms with Crippen LogP contribution in [0.1, 0.15) is 10.4 Å². The lowest BCUT2D eigenvalue weighted by atomic mass is 10.2. The van der Waals surface area contributed by atoms with Crippen LogP contribution in [-0.4, -0.2) is 36.2 Å². The van der Waals surface area contributed by atoms with Gasteiger partial charge in [-0.3, -0.25) is 0 Å². The Morgan fingerprint density at radius 1 is 1.24 bits per heavy atom. The van der Waals surface area contributed by atoms with Crippen molar-refractivity contribution in [3.63, 3.8) is 0 Å². The van der Waals surface area contributed by atoms with E-state index >= 15 is 0 Å². The van der Waals surface area contributed by atoms with Gasteiger partial charge in [-0.2, -0.15) is 0 Å². The molecule has 0 saturated carbocycles. The van der Waals surface area contributed by atoms with Gasteiger partial charge in [-0.1, -0.05) is 0 Å². The van der Waals surface area contributed by atoms with Crippen LogP contribution in [0.4, 0.5) is 0 Å². The normalized spacial score (nSPS) is 11.5. The summed E-state index contributed by atoms with van der Waals surface area (Å²) in [7, 11) is -5.46. The molecule has 8 heteroatoms. The first-order valence-corrected chi connectivity index (χ1v) is 7.40. The minimum atomic E-state index is -3.60. The fourth-order valence-electron chi connectivity index (χ4n) is 1.14.